The van der Waals surface area contributed by atoms with Crippen LogP contribution in [0.2, 0.25) is 0 Å². The quantitative estimate of drug-likeness (QED) is 0.697. The number of hydrogen-bond acceptors (Lipinski definition) is 4. The fourth-order valence-corrected chi connectivity index (χ4v) is 3.23. The molecule has 1 N–H and O–H groups in total. The van der Waals surface area contributed by atoms with Gasteiger partial charge in [0.25, 0.3) is 0 Å². The van der Waals surface area contributed by atoms with Gasteiger partial charge in [-0.25, -0.2) is 4.98 Å². The van der Waals surface area contributed by atoms with Crippen molar-refractivity contribution in [3.8, 4) is 17.0 Å². The lowest BCUT2D eigenvalue weighted by atomic mass is 10.2. The van der Waals surface area contributed by atoms with Crippen molar-refractivity contribution < 1.29 is 9.53 Å². The van der Waals surface area contributed by atoms with Crippen LogP contribution in [0, 0.1) is 0 Å². The van der Waals surface area contributed by atoms with Gasteiger partial charge in [-0.1, -0.05) is 30.3 Å². The van der Waals surface area contributed by atoms with E-state index < -0.39 is 0 Å². The molecule has 1 amide bonds. The van der Waals surface area contributed by atoms with Gasteiger partial charge in [0.2, 0.25) is 5.91 Å². The Hall–Kier alpha value is -2.66. The number of nitrogens with one attached hydrogen (secondary N) is 1. The van der Waals surface area contributed by atoms with E-state index in [4.69, 9.17) is 4.74 Å². The monoisotopic (exact) mass is 352 g/mol. The molecule has 0 saturated heterocycles. The van der Waals surface area contributed by atoms with Crippen LogP contribution in [0.5, 0.6) is 5.75 Å². The zero-order valence-electron chi connectivity index (χ0n) is 14.1. The Labute approximate surface area is 151 Å². The molecule has 4 nitrogen and oxygen atoms in total. The lowest BCUT2D eigenvalue weighted by molar-refractivity contribution is -0.121. The highest BCUT2D eigenvalue weighted by atomic mass is 32.1. The maximum absolute atomic E-state index is 12.0. The first kappa shape index (κ1) is 17.2. The first-order valence-corrected chi connectivity index (χ1v) is 9.02. The molecule has 0 unspecified atom stereocenters. The van der Waals surface area contributed by atoms with E-state index in [1.54, 1.807) is 18.4 Å². The molecule has 2 aromatic carbocycles. The molecule has 0 aliphatic carbocycles. The molecule has 0 bridgehead atoms. The van der Waals surface area contributed by atoms with Crippen molar-refractivity contribution in [2.24, 2.45) is 0 Å². The van der Waals surface area contributed by atoms with Crippen LogP contribution in [-0.4, -0.2) is 18.0 Å². The molecular formula is C20H20N2O2S. The summed E-state index contributed by atoms with van der Waals surface area (Å²) in [6.07, 6.45) is 1.10. The molecule has 25 heavy (non-hydrogen) atoms. The van der Waals surface area contributed by atoms with E-state index >= 15 is 0 Å². The smallest absolute Gasteiger partial charge is 0.220 e. The highest BCUT2D eigenvalue weighted by molar-refractivity contribution is 7.09. The summed E-state index contributed by atoms with van der Waals surface area (Å²) in [4.78, 5) is 16.6. The Kier molecular flexibility index (Phi) is 5.80. The summed E-state index contributed by atoms with van der Waals surface area (Å²) in [5.41, 5.74) is 3.09. The van der Waals surface area contributed by atoms with Crippen molar-refractivity contribution >= 4 is 17.2 Å². The molecule has 0 aliphatic rings. The van der Waals surface area contributed by atoms with Gasteiger partial charge in [-0.15, -0.1) is 11.3 Å². The van der Waals surface area contributed by atoms with Crippen molar-refractivity contribution in [1.29, 1.82) is 0 Å². The molecule has 0 aliphatic heterocycles. The largest absolute Gasteiger partial charge is 0.497 e. The normalized spacial score (nSPS) is 10.4. The van der Waals surface area contributed by atoms with Gasteiger partial charge in [-0.2, -0.15) is 0 Å². The van der Waals surface area contributed by atoms with E-state index in [2.05, 4.69) is 10.3 Å². The summed E-state index contributed by atoms with van der Waals surface area (Å²) < 4.78 is 5.17. The van der Waals surface area contributed by atoms with E-state index in [9.17, 15) is 4.79 Å². The Morgan fingerprint density at radius 1 is 1.12 bits per heavy atom. The number of hydrogen-bond donors (Lipinski definition) is 1. The summed E-state index contributed by atoms with van der Waals surface area (Å²) >= 11 is 1.59. The fraction of sp³-hybridized carbons (Fsp3) is 0.200. The fourth-order valence-electron chi connectivity index (χ4n) is 2.43. The lowest BCUT2D eigenvalue weighted by Gasteiger charge is -2.04. The number of carbonyl (C=O) groups is 1. The Balaban J connectivity index is 1.50. The minimum atomic E-state index is 0.0463. The van der Waals surface area contributed by atoms with Gasteiger partial charge in [0.15, 0.2) is 0 Å². The van der Waals surface area contributed by atoms with Crippen LogP contribution in [-0.2, 0) is 17.8 Å². The molecule has 1 heterocycles. The van der Waals surface area contributed by atoms with Crippen LogP contribution in [0.25, 0.3) is 11.3 Å². The van der Waals surface area contributed by atoms with Crippen LogP contribution in [0.3, 0.4) is 0 Å². The number of aryl methyl sites for hydroxylation is 1. The van der Waals surface area contributed by atoms with Gasteiger partial charge in [0.1, 0.15) is 5.75 Å². The van der Waals surface area contributed by atoms with E-state index in [1.165, 1.54) is 0 Å². The SMILES string of the molecule is COc1ccc(-c2csc(CCC(=O)NCc3ccccc3)n2)cc1. The molecule has 0 radical (unpaired) electrons. The minimum absolute atomic E-state index is 0.0463. The Bertz CT molecular complexity index is 813. The molecule has 1 aromatic heterocycles. The first-order chi connectivity index (χ1) is 12.2. The van der Waals surface area contributed by atoms with Gasteiger partial charge >= 0.3 is 0 Å². The molecule has 3 aromatic rings. The number of rotatable bonds is 7. The Morgan fingerprint density at radius 2 is 1.88 bits per heavy atom. The lowest BCUT2D eigenvalue weighted by Crippen LogP contribution is -2.22. The number of benzene rings is 2. The Morgan fingerprint density at radius 3 is 2.60 bits per heavy atom. The van der Waals surface area contributed by atoms with Gasteiger partial charge in [0.05, 0.1) is 17.8 Å². The molecule has 0 saturated carbocycles. The highest BCUT2D eigenvalue weighted by Crippen LogP contribution is 2.24. The molecule has 0 spiro atoms. The third kappa shape index (κ3) is 4.90. The molecule has 5 heteroatoms. The van der Waals surface area contributed by atoms with Crippen molar-refractivity contribution in [3.05, 3.63) is 70.5 Å². The second kappa shape index (κ2) is 8.44. The minimum Gasteiger partial charge on any atom is -0.497 e. The second-order valence-electron chi connectivity index (χ2n) is 5.62. The number of thiazole rings is 1. The summed E-state index contributed by atoms with van der Waals surface area (Å²) in [5.74, 6) is 0.874. The van der Waals surface area contributed by atoms with Crippen LogP contribution in [0.15, 0.2) is 60.0 Å². The predicted octanol–water partition coefficient (Wildman–Crippen LogP) is 4.07. The van der Waals surface area contributed by atoms with Gasteiger partial charge in [0, 0.05) is 30.3 Å². The molecular weight excluding hydrogens is 332 g/mol. The maximum atomic E-state index is 12.0. The molecule has 0 fully saturated rings. The number of aromatic nitrogens is 1. The number of nitrogens with zero attached hydrogens (tertiary/aromatic N) is 1. The van der Waals surface area contributed by atoms with E-state index in [0.29, 0.717) is 19.4 Å². The average molecular weight is 352 g/mol. The third-order valence-corrected chi connectivity index (χ3v) is 4.74. The summed E-state index contributed by atoms with van der Waals surface area (Å²) in [5, 5.41) is 5.94. The van der Waals surface area contributed by atoms with Crippen molar-refractivity contribution in [3.63, 3.8) is 0 Å². The zero-order valence-corrected chi connectivity index (χ0v) is 14.9. The standard InChI is InChI=1S/C20H20N2O2S/c1-24-17-9-7-16(8-10-17)18-14-25-20(22-18)12-11-19(23)21-13-15-5-3-2-4-6-15/h2-10,14H,11-13H2,1H3,(H,21,23). The average Bonchev–Trinajstić information content (AvgIpc) is 3.14. The van der Waals surface area contributed by atoms with E-state index in [0.717, 1.165) is 27.6 Å². The summed E-state index contributed by atoms with van der Waals surface area (Å²) in [6, 6.07) is 17.7. The van der Waals surface area contributed by atoms with Crippen molar-refractivity contribution in [2.45, 2.75) is 19.4 Å². The summed E-state index contributed by atoms with van der Waals surface area (Å²) in [7, 11) is 1.65. The van der Waals surface area contributed by atoms with Crippen LogP contribution in [0.4, 0.5) is 0 Å². The third-order valence-electron chi connectivity index (χ3n) is 3.84. The summed E-state index contributed by atoms with van der Waals surface area (Å²) in [6.45, 7) is 0.564. The number of methoxy groups -OCH3 is 1. The molecule has 0 atom stereocenters. The highest BCUT2D eigenvalue weighted by Gasteiger charge is 2.08. The van der Waals surface area contributed by atoms with E-state index in [1.807, 2.05) is 60.0 Å². The van der Waals surface area contributed by atoms with Crippen molar-refractivity contribution in [2.75, 3.05) is 7.11 Å². The van der Waals surface area contributed by atoms with Crippen LogP contribution < -0.4 is 10.1 Å². The van der Waals surface area contributed by atoms with Crippen LogP contribution >= 0.6 is 11.3 Å². The molecule has 3 rings (SSSR count). The topological polar surface area (TPSA) is 51.2 Å². The van der Waals surface area contributed by atoms with Crippen LogP contribution in [0.1, 0.15) is 17.0 Å². The number of amides is 1. The first-order valence-electron chi connectivity index (χ1n) is 8.14. The number of ether oxygens (including phenoxy) is 1. The second-order valence-corrected chi connectivity index (χ2v) is 6.56. The van der Waals surface area contributed by atoms with E-state index in [-0.39, 0.29) is 5.91 Å². The number of carbonyl (C=O) groups excluding carboxylic acids is 1. The zero-order chi connectivity index (χ0) is 17.5. The maximum Gasteiger partial charge on any atom is 0.220 e. The predicted molar refractivity (Wildman–Crippen MR) is 101 cm³/mol. The molecule has 128 valence electrons. The van der Waals surface area contributed by atoms with Gasteiger partial charge in [-0.3, -0.25) is 4.79 Å². The van der Waals surface area contributed by atoms with Gasteiger partial charge < -0.3 is 10.1 Å². The van der Waals surface area contributed by atoms with Crippen molar-refractivity contribution in [1.82, 2.24) is 10.3 Å². The van der Waals surface area contributed by atoms with Gasteiger partial charge in [-0.05, 0) is 29.8 Å².